The van der Waals surface area contributed by atoms with Crippen LogP contribution in [-0.2, 0) is 46.5 Å². The van der Waals surface area contributed by atoms with Gasteiger partial charge in [0.15, 0.2) is 0 Å². The molecular weight excluding hydrogens is 505 g/mol. The van der Waals surface area contributed by atoms with Gasteiger partial charge in [-0.15, -0.1) is 0 Å². The van der Waals surface area contributed by atoms with Gasteiger partial charge in [-0.25, -0.2) is 0 Å². The second-order valence-corrected chi connectivity index (χ2v) is 4.73. The minimum absolute atomic E-state index is 0. The predicted molar refractivity (Wildman–Crippen MR) is 90.4 cm³/mol. The summed E-state index contributed by atoms with van der Waals surface area (Å²) in [6.07, 6.45) is 0. The molecule has 0 saturated heterocycles. The summed E-state index contributed by atoms with van der Waals surface area (Å²) in [6, 6.07) is 0. The summed E-state index contributed by atoms with van der Waals surface area (Å²) in [4.78, 5) is 62.7. The molecule has 0 aliphatic heterocycles. The van der Waals surface area contributed by atoms with Gasteiger partial charge in [0.25, 0.3) is 0 Å². The standard InChI is InChI=1S/C10H20N6O4.Cd.2NO3/c11-7(17)3-15(4-8(12)18)1-2-16(5-9(13)19)6-10(14)20;;2*2-1(3)4/h1-6H2,(H2,11,17)(H2,12,18)(H2,13,19)(H2,14,20);;;/q;+2;2*-1. The van der Waals surface area contributed by atoms with Crippen LogP contribution in [-0.4, -0.2) is 82.9 Å². The zero-order chi connectivity index (χ0) is 22.9. The van der Waals surface area contributed by atoms with Crippen molar-refractivity contribution in [3.8, 4) is 0 Å². The van der Waals surface area contributed by atoms with Crippen molar-refractivity contribution in [3.05, 3.63) is 30.6 Å². The third kappa shape index (κ3) is 40.9. The SMILES string of the molecule is NC(=O)CN(CCN(CC(N)=O)CC(N)=O)CC(N)=O.O=[N+]([O-])[O-].O=[N+]([O-])[O-].[Cd+2]. The van der Waals surface area contributed by atoms with Gasteiger partial charge in [-0.1, -0.05) is 0 Å². The van der Waals surface area contributed by atoms with E-state index in [1.54, 1.807) is 0 Å². The van der Waals surface area contributed by atoms with E-state index in [1.165, 1.54) is 9.80 Å². The maximum Gasteiger partial charge on any atom is 2.00 e. The van der Waals surface area contributed by atoms with E-state index in [4.69, 9.17) is 53.6 Å². The van der Waals surface area contributed by atoms with E-state index in [-0.39, 0.29) is 66.6 Å². The minimum atomic E-state index is -1.75. The van der Waals surface area contributed by atoms with Gasteiger partial charge in [-0.05, 0) is 0 Å². The Hall–Kier alpha value is -2.88. The molecule has 162 valence electrons. The van der Waals surface area contributed by atoms with Crippen molar-refractivity contribution >= 4 is 23.6 Å². The molecule has 0 atom stereocenters. The summed E-state index contributed by atoms with van der Waals surface area (Å²) < 4.78 is 0. The van der Waals surface area contributed by atoms with Gasteiger partial charge in [-0.3, -0.25) is 29.0 Å². The monoisotopic (exact) mass is 526 g/mol. The Balaban J connectivity index is -0.000000294. The summed E-state index contributed by atoms with van der Waals surface area (Å²) in [5.41, 5.74) is 20.2. The van der Waals surface area contributed by atoms with Crippen molar-refractivity contribution in [1.29, 1.82) is 0 Å². The van der Waals surface area contributed by atoms with Crippen molar-refractivity contribution in [2.24, 2.45) is 22.9 Å². The quantitative estimate of drug-likeness (QED) is 0.112. The molecule has 19 heteroatoms. The third-order valence-corrected chi connectivity index (χ3v) is 2.25. The van der Waals surface area contributed by atoms with E-state index >= 15 is 0 Å². The number of nitrogens with two attached hydrogens (primary N) is 4. The summed E-state index contributed by atoms with van der Waals surface area (Å²) in [5, 5.41) is 29.5. The zero-order valence-electron chi connectivity index (χ0n) is 15.1. The molecule has 29 heavy (non-hydrogen) atoms. The van der Waals surface area contributed by atoms with Crippen LogP contribution in [0.15, 0.2) is 0 Å². The molecule has 0 aromatic rings. The van der Waals surface area contributed by atoms with Gasteiger partial charge < -0.3 is 53.6 Å². The first-order valence-corrected chi connectivity index (χ1v) is 6.88. The van der Waals surface area contributed by atoms with Crippen molar-refractivity contribution in [2.75, 3.05) is 39.3 Å². The molecule has 0 aliphatic rings. The minimum Gasteiger partial charge on any atom is -0.369 e. The van der Waals surface area contributed by atoms with E-state index in [0.717, 1.165) is 0 Å². The van der Waals surface area contributed by atoms with Gasteiger partial charge in [0.05, 0.1) is 36.4 Å². The second kappa shape index (κ2) is 19.9. The molecule has 0 saturated carbocycles. The van der Waals surface area contributed by atoms with Crippen molar-refractivity contribution in [3.63, 3.8) is 0 Å². The van der Waals surface area contributed by atoms with Gasteiger partial charge in [0.1, 0.15) is 0 Å². The second-order valence-electron chi connectivity index (χ2n) is 4.73. The van der Waals surface area contributed by atoms with Gasteiger partial charge in [-0.2, -0.15) is 0 Å². The Morgan fingerprint density at radius 1 is 0.586 bits per heavy atom. The molecule has 0 bridgehead atoms. The van der Waals surface area contributed by atoms with Gasteiger partial charge in [0.2, 0.25) is 23.6 Å². The number of carbonyl (C=O) groups is 4. The fourth-order valence-electron chi connectivity index (χ4n) is 1.59. The van der Waals surface area contributed by atoms with Crippen LogP contribution in [0.5, 0.6) is 0 Å². The molecule has 0 spiro atoms. The number of carbonyl (C=O) groups excluding carboxylic acids is 4. The number of nitrogens with zero attached hydrogens (tertiary/aromatic N) is 4. The average Bonchev–Trinajstić information content (AvgIpc) is 2.40. The van der Waals surface area contributed by atoms with Crippen LogP contribution in [0, 0.1) is 30.6 Å². The molecular formula is C10H20CdN8O10. The van der Waals surface area contributed by atoms with Crippen LogP contribution in [0.1, 0.15) is 0 Å². The van der Waals surface area contributed by atoms with Crippen LogP contribution in [0.2, 0.25) is 0 Å². The molecule has 0 aromatic heterocycles. The van der Waals surface area contributed by atoms with Crippen LogP contribution in [0.25, 0.3) is 0 Å². The van der Waals surface area contributed by atoms with Crippen LogP contribution < -0.4 is 22.9 Å². The first-order chi connectivity index (χ1) is 12.7. The molecule has 8 N–H and O–H groups in total. The fraction of sp³-hybridized carbons (Fsp3) is 0.600. The number of rotatable bonds is 11. The van der Waals surface area contributed by atoms with Crippen molar-refractivity contribution < 1.29 is 56.7 Å². The predicted octanol–water partition coefficient (Wildman–Crippen LogP) is -4.95. The van der Waals surface area contributed by atoms with E-state index < -0.39 is 33.8 Å². The zero-order valence-corrected chi connectivity index (χ0v) is 19.2. The summed E-state index contributed by atoms with van der Waals surface area (Å²) in [6.45, 7) is -0.249. The van der Waals surface area contributed by atoms with Crippen LogP contribution in [0.4, 0.5) is 0 Å². The molecule has 0 rings (SSSR count). The Kier molecular flexibility index (Phi) is 23.1. The summed E-state index contributed by atoms with van der Waals surface area (Å²) in [5.74, 6) is -2.49. The smallest absolute Gasteiger partial charge is 0.369 e. The van der Waals surface area contributed by atoms with Crippen LogP contribution >= 0.6 is 0 Å². The molecule has 18 nitrogen and oxygen atoms in total. The van der Waals surface area contributed by atoms with E-state index in [1.807, 2.05) is 0 Å². The fourth-order valence-corrected chi connectivity index (χ4v) is 1.59. The molecule has 4 amide bonds. The van der Waals surface area contributed by atoms with Gasteiger partial charge >= 0.3 is 27.3 Å². The Morgan fingerprint density at radius 3 is 0.828 bits per heavy atom. The van der Waals surface area contributed by atoms with E-state index in [2.05, 4.69) is 0 Å². The number of hydrogen-bond acceptors (Lipinski definition) is 12. The normalized spacial score (nSPS) is 9.03. The molecule has 0 unspecified atom stereocenters. The van der Waals surface area contributed by atoms with E-state index in [0.29, 0.717) is 0 Å². The Bertz CT molecular complexity index is 475. The first-order valence-electron chi connectivity index (χ1n) is 6.88. The average molecular weight is 525 g/mol. The first kappa shape index (κ1) is 33.7. The summed E-state index contributed by atoms with van der Waals surface area (Å²) >= 11 is 0. The largest absolute Gasteiger partial charge is 2.00 e. The van der Waals surface area contributed by atoms with Crippen molar-refractivity contribution in [2.45, 2.75) is 0 Å². The molecule has 0 aliphatic carbocycles. The maximum absolute atomic E-state index is 10.9. The molecule has 0 fully saturated rings. The van der Waals surface area contributed by atoms with E-state index in [9.17, 15) is 19.2 Å². The molecule has 0 aromatic carbocycles. The molecule has 0 radical (unpaired) electrons. The maximum atomic E-state index is 10.9. The Morgan fingerprint density at radius 2 is 0.724 bits per heavy atom. The number of hydrogen-bond donors (Lipinski definition) is 4. The molecule has 0 heterocycles. The Labute approximate surface area is 183 Å². The van der Waals surface area contributed by atoms with Gasteiger partial charge in [0, 0.05) is 13.1 Å². The topological polar surface area (TPSA) is 311 Å². The van der Waals surface area contributed by atoms with Crippen LogP contribution in [0.3, 0.4) is 0 Å². The summed E-state index contributed by atoms with van der Waals surface area (Å²) in [7, 11) is 0. The third-order valence-electron chi connectivity index (χ3n) is 2.25. The number of primary amides is 4. The van der Waals surface area contributed by atoms with Crippen molar-refractivity contribution in [1.82, 2.24) is 9.80 Å². The number of amides is 4.